The highest BCUT2D eigenvalue weighted by Gasteiger charge is 2.14. The molecule has 1 aromatic carbocycles. The van der Waals surface area contributed by atoms with Gasteiger partial charge in [0.15, 0.2) is 0 Å². The molecular weight excluding hydrogens is 202 g/mol. The third-order valence-electron chi connectivity index (χ3n) is 2.48. The summed E-state index contributed by atoms with van der Waals surface area (Å²) >= 11 is 0. The molecule has 0 aromatic heterocycles. The van der Waals surface area contributed by atoms with Gasteiger partial charge >= 0.3 is 0 Å². The SMILES string of the molecule is CNC(CN(C)Cc1ccccc1)C(N)=O. The summed E-state index contributed by atoms with van der Waals surface area (Å²) in [7, 11) is 3.71. The average Bonchev–Trinajstić information content (AvgIpc) is 2.27. The van der Waals surface area contributed by atoms with Crippen molar-refractivity contribution in [3.05, 3.63) is 35.9 Å². The van der Waals surface area contributed by atoms with Crippen molar-refractivity contribution in [3.8, 4) is 0 Å². The van der Waals surface area contributed by atoms with Crippen molar-refractivity contribution in [3.63, 3.8) is 0 Å². The molecule has 4 heteroatoms. The molecule has 0 spiro atoms. The molecule has 0 heterocycles. The van der Waals surface area contributed by atoms with Crippen LogP contribution in [0.25, 0.3) is 0 Å². The number of primary amides is 1. The maximum absolute atomic E-state index is 11.1. The molecule has 0 aliphatic rings. The first kappa shape index (κ1) is 12.7. The first-order valence-electron chi connectivity index (χ1n) is 5.32. The van der Waals surface area contributed by atoms with Crippen LogP contribution in [0.2, 0.25) is 0 Å². The van der Waals surface area contributed by atoms with Gasteiger partial charge in [-0.3, -0.25) is 4.79 Å². The predicted molar refractivity (Wildman–Crippen MR) is 64.8 cm³/mol. The van der Waals surface area contributed by atoms with Crippen LogP contribution in [0.1, 0.15) is 5.56 Å². The second-order valence-corrected chi connectivity index (χ2v) is 3.93. The second kappa shape index (κ2) is 6.25. The Morgan fingerprint density at radius 3 is 2.56 bits per heavy atom. The lowest BCUT2D eigenvalue weighted by Crippen LogP contribution is -2.46. The number of amides is 1. The number of nitrogens with two attached hydrogens (primary N) is 1. The molecule has 0 saturated heterocycles. The van der Waals surface area contributed by atoms with Crippen molar-refractivity contribution in [2.45, 2.75) is 12.6 Å². The minimum absolute atomic E-state index is 0.297. The van der Waals surface area contributed by atoms with Crippen LogP contribution >= 0.6 is 0 Å². The summed E-state index contributed by atoms with van der Waals surface area (Å²) in [6.45, 7) is 1.42. The number of benzene rings is 1. The first-order chi connectivity index (χ1) is 7.63. The first-order valence-corrected chi connectivity index (χ1v) is 5.32. The summed E-state index contributed by atoms with van der Waals surface area (Å²) in [6, 6.07) is 9.83. The molecule has 88 valence electrons. The number of rotatable bonds is 6. The topological polar surface area (TPSA) is 58.4 Å². The van der Waals surface area contributed by atoms with Gasteiger partial charge in [-0.05, 0) is 19.7 Å². The minimum atomic E-state index is -0.317. The van der Waals surface area contributed by atoms with Crippen LogP contribution in [0.5, 0.6) is 0 Å². The fraction of sp³-hybridized carbons (Fsp3) is 0.417. The number of carbonyl (C=O) groups excluding carboxylic acids is 1. The van der Waals surface area contributed by atoms with E-state index in [0.717, 1.165) is 6.54 Å². The van der Waals surface area contributed by atoms with Crippen molar-refractivity contribution < 1.29 is 4.79 Å². The summed E-state index contributed by atoms with van der Waals surface area (Å²) in [6.07, 6.45) is 0. The Morgan fingerprint density at radius 2 is 2.06 bits per heavy atom. The van der Waals surface area contributed by atoms with E-state index in [1.54, 1.807) is 7.05 Å². The van der Waals surface area contributed by atoms with Crippen LogP contribution in [0.3, 0.4) is 0 Å². The number of nitrogens with one attached hydrogen (secondary N) is 1. The highest BCUT2D eigenvalue weighted by Crippen LogP contribution is 2.02. The minimum Gasteiger partial charge on any atom is -0.368 e. The van der Waals surface area contributed by atoms with Crippen molar-refractivity contribution in [2.75, 3.05) is 20.6 Å². The molecule has 0 radical (unpaired) electrons. The fourth-order valence-corrected chi connectivity index (χ4v) is 1.59. The van der Waals surface area contributed by atoms with E-state index in [-0.39, 0.29) is 11.9 Å². The van der Waals surface area contributed by atoms with Crippen LogP contribution in [-0.2, 0) is 11.3 Å². The average molecular weight is 221 g/mol. The van der Waals surface area contributed by atoms with Gasteiger partial charge in [0.05, 0.1) is 6.04 Å². The highest BCUT2D eigenvalue weighted by molar-refractivity contribution is 5.80. The third-order valence-corrected chi connectivity index (χ3v) is 2.48. The zero-order chi connectivity index (χ0) is 12.0. The van der Waals surface area contributed by atoms with E-state index in [4.69, 9.17) is 5.73 Å². The van der Waals surface area contributed by atoms with Gasteiger partial charge in [-0.15, -0.1) is 0 Å². The van der Waals surface area contributed by atoms with Gasteiger partial charge in [-0.2, -0.15) is 0 Å². The standard InChI is InChI=1S/C12H19N3O/c1-14-11(12(13)16)9-15(2)8-10-6-4-3-5-7-10/h3-7,11,14H,8-9H2,1-2H3,(H2,13,16). The maximum atomic E-state index is 11.1. The van der Waals surface area contributed by atoms with E-state index in [9.17, 15) is 4.79 Å². The number of hydrogen-bond donors (Lipinski definition) is 2. The van der Waals surface area contributed by atoms with Gasteiger partial charge in [0.2, 0.25) is 5.91 Å². The maximum Gasteiger partial charge on any atom is 0.235 e. The Hall–Kier alpha value is -1.39. The van der Waals surface area contributed by atoms with E-state index < -0.39 is 0 Å². The van der Waals surface area contributed by atoms with Crippen LogP contribution in [0.4, 0.5) is 0 Å². The molecule has 0 bridgehead atoms. The molecule has 0 aliphatic heterocycles. The number of nitrogens with zero attached hydrogens (tertiary/aromatic N) is 1. The molecule has 1 atom stereocenters. The molecule has 4 nitrogen and oxygen atoms in total. The van der Waals surface area contributed by atoms with E-state index in [2.05, 4.69) is 22.3 Å². The lowest BCUT2D eigenvalue weighted by atomic mass is 10.2. The van der Waals surface area contributed by atoms with Gasteiger partial charge in [-0.1, -0.05) is 30.3 Å². The predicted octanol–water partition coefficient (Wildman–Crippen LogP) is 0.192. The zero-order valence-electron chi connectivity index (χ0n) is 9.81. The van der Waals surface area contributed by atoms with Crippen molar-refractivity contribution in [1.29, 1.82) is 0 Å². The van der Waals surface area contributed by atoms with Gasteiger partial charge in [0.1, 0.15) is 0 Å². The van der Waals surface area contributed by atoms with E-state index in [0.29, 0.717) is 6.54 Å². The van der Waals surface area contributed by atoms with Crippen molar-refractivity contribution in [1.82, 2.24) is 10.2 Å². The van der Waals surface area contributed by atoms with Crippen molar-refractivity contribution >= 4 is 5.91 Å². The van der Waals surface area contributed by atoms with Crippen molar-refractivity contribution in [2.24, 2.45) is 5.73 Å². The Balaban J connectivity index is 2.47. The Bertz CT molecular complexity index is 326. The van der Waals surface area contributed by atoms with Crippen LogP contribution in [0, 0.1) is 0 Å². The van der Waals surface area contributed by atoms with E-state index >= 15 is 0 Å². The van der Waals surface area contributed by atoms with E-state index in [1.165, 1.54) is 5.56 Å². The smallest absolute Gasteiger partial charge is 0.235 e. The summed E-state index contributed by atoms with van der Waals surface area (Å²) in [4.78, 5) is 13.1. The third kappa shape index (κ3) is 4.00. The summed E-state index contributed by atoms with van der Waals surface area (Å²) < 4.78 is 0. The monoisotopic (exact) mass is 221 g/mol. The Kier molecular flexibility index (Phi) is 4.95. The molecular formula is C12H19N3O. The van der Waals surface area contributed by atoms with E-state index in [1.807, 2.05) is 25.2 Å². The normalized spacial score (nSPS) is 12.7. The quantitative estimate of drug-likeness (QED) is 0.721. The molecule has 3 N–H and O–H groups in total. The molecule has 0 fully saturated rings. The molecule has 16 heavy (non-hydrogen) atoms. The zero-order valence-corrected chi connectivity index (χ0v) is 9.81. The van der Waals surface area contributed by atoms with Crippen LogP contribution in [0.15, 0.2) is 30.3 Å². The highest BCUT2D eigenvalue weighted by atomic mass is 16.1. The van der Waals surface area contributed by atoms with Gasteiger partial charge < -0.3 is 16.0 Å². The Morgan fingerprint density at radius 1 is 1.44 bits per heavy atom. The summed E-state index contributed by atoms with van der Waals surface area (Å²) in [5, 5.41) is 2.90. The largest absolute Gasteiger partial charge is 0.368 e. The molecule has 1 rings (SSSR count). The molecule has 0 aliphatic carbocycles. The Labute approximate surface area is 96.4 Å². The van der Waals surface area contributed by atoms with Gasteiger partial charge in [0, 0.05) is 13.1 Å². The second-order valence-electron chi connectivity index (χ2n) is 3.93. The molecule has 1 amide bonds. The van der Waals surface area contributed by atoms with Gasteiger partial charge in [-0.25, -0.2) is 0 Å². The number of hydrogen-bond acceptors (Lipinski definition) is 3. The fourth-order valence-electron chi connectivity index (χ4n) is 1.59. The van der Waals surface area contributed by atoms with Crippen LogP contribution in [-0.4, -0.2) is 37.5 Å². The molecule has 0 saturated carbocycles. The lowest BCUT2D eigenvalue weighted by Gasteiger charge is -2.21. The van der Waals surface area contributed by atoms with Gasteiger partial charge in [0.25, 0.3) is 0 Å². The lowest BCUT2D eigenvalue weighted by molar-refractivity contribution is -0.120. The number of carbonyl (C=O) groups is 1. The molecule has 1 unspecified atom stereocenters. The number of likely N-dealkylation sites (N-methyl/N-ethyl adjacent to an activating group) is 2. The molecule has 1 aromatic rings. The summed E-state index contributed by atoms with van der Waals surface area (Å²) in [5.41, 5.74) is 6.49. The summed E-state index contributed by atoms with van der Waals surface area (Å²) in [5.74, 6) is -0.317. The van der Waals surface area contributed by atoms with Crippen LogP contribution < -0.4 is 11.1 Å².